The van der Waals surface area contributed by atoms with Crippen LogP contribution >= 0.6 is 0 Å². The van der Waals surface area contributed by atoms with Crippen LogP contribution in [0.1, 0.15) is 51.8 Å². The van der Waals surface area contributed by atoms with Crippen molar-refractivity contribution >= 4 is 12.0 Å². The lowest BCUT2D eigenvalue weighted by atomic mass is 9.99. The van der Waals surface area contributed by atoms with Crippen molar-refractivity contribution in [3.63, 3.8) is 0 Å². The van der Waals surface area contributed by atoms with Crippen molar-refractivity contribution in [2.75, 3.05) is 0 Å². The molecule has 0 saturated heterocycles. The molecule has 0 bridgehead atoms. The van der Waals surface area contributed by atoms with Crippen LogP contribution in [0.5, 0.6) is 0 Å². The molecule has 0 aliphatic heterocycles. The number of hydrogen-bond donors (Lipinski definition) is 2. The molecule has 2 amide bonds. The van der Waals surface area contributed by atoms with Gasteiger partial charge >= 0.3 is 6.09 Å². The maximum Gasteiger partial charge on any atom is 0.408 e. The topological polar surface area (TPSA) is 69.6 Å². The lowest BCUT2D eigenvalue weighted by Crippen LogP contribution is -2.54. The van der Waals surface area contributed by atoms with Gasteiger partial charge in [0.2, 0.25) is 5.91 Å². The summed E-state index contributed by atoms with van der Waals surface area (Å²) in [5, 5.41) is 12.4. The molecule has 0 heterocycles. The van der Waals surface area contributed by atoms with Crippen LogP contribution in [0.15, 0.2) is 24.3 Å². The third-order valence-electron chi connectivity index (χ3n) is 3.91. The van der Waals surface area contributed by atoms with E-state index in [-0.39, 0.29) is 23.9 Å². The zero-order chi connectivity index (χ0) is 17.7. The van der Waals surface area contributed by atoms with Gasteiger partial charge in [-0.1, -0.05) is 43.7 Å². The molecule has 0 aromatic heterocycles. The fourth-order valence-electron chi connectivity index (χ4n) is 2.65. The molecule has 5 heteroatoms. The first kappa shape index (κ1) is 19.0. The molecule has 0 fully saturated rings. The Labute approximate surface area is 138 Å². The van der Waals surface area contributed by atoms with Crippen LogP contribution in [0.4, 0.5) is 4.79 Å². The Morgan fingerprint density at radius 2 is 1.57 bits per heavy atom. The minimum Gasteiger partial charge on any atom is -0.465 e. The maximum atomic E-state index is 12.7. The molecule has 1 unspecified atom stereocenters. The summed E-state index contributed by atoms with van der Waals surface area (Å²) in [5.74, 6) is -0.372. The van der Waals surface area contributed by atoms with E-state index in [2.05, 4.69) is 5.32 Å². The Morgan fingerprint density at radius 3 is 1.96 bits per heavy atom. The second-order valence-electron chi connectivity index (χ2n) is 6.61. The highest BCUT2D eigenvalue weighted by Gasteiger charge is 2.34. The van der Waals surface area contributed by atoms with Gasteiger partial charge in [0.15, 0.2) is 0 Å². The number of carboxylic acid groups (broad SMARTS) is 1. The van der Waals surface area contributed by atoms with Crippen LogP contribution in [-0.2, 0) is 4.79 Å². The first-order valence-electron chi connectivity index (χ1n) is 8.03. The zero-order valence-electron chi connectivity index (χ0n) is 14.8. The van der Waals surface area contributed by atoms with E-state index in [0.717, 1.165) is 11.1 Å². The van der Waals surface area contributed by atoms with Crippen molar-refractivity contribution in [1.82, 2.24) is 10.2 Å². The number of nitrogens with one attached hydrogen (secondary N) is 1. The number of carbonyl (C=O) groups excluding carboxylic acids is 1. The minimum absolute atomic E-state index is 0.112. The van der Waals surface area contributed by atoms with Gasteiger partial charge in [0, 0.05) is 6.04 Å². The van der Waals surface area contributed by atoms with Crippen LogP contribution in [-0.4, -0.2) is 34.1 Å². The lowest BCUT2D eigenvalue weighted by Gasteiger charge is -2.34. The van der Waals surface area contributed by atoms with Gasteiger partial charge in [-0.15, -0.1) is 0 Å². The SMILES string of the molecule is Cc1ccc(C(C)NC(=O)[C@H](C(C)C)N(C(=O)O)C(C)C)cc1. The predicted octanol–water partition coefficient (Wildman–Crippen LogP) is 3.59. The van der Waals surface area contributed by atoms with Gasteiger partial charge in [-0.2, -0.15) is 0 Å². The number of carbonyl (C=O) groups is 2. The van der Waals surface area contributed by atoms with Gasteiger partial charge in [-0.25, -0.2) is 4.79 Å². The number of nitrogens with zero attached hydrogens (tertiary/aromatic N) is 1. The molecule has 1 rings (SSSR count). The summed E-state index contributed by atoms with van der Waals surface area (Å²) in [6.07, 6.45) is -1.07. The van der Waals surface area contributed by atoms with E-state index in [1.54, 1.807) is 13.8 Å². The molecule has 2 N–H and O–H groups in total. The summed E-state index contributed by atoms with van der Waals surface area (Å²) >= 11 is 0. The monoisotopic (exact) mass is 320 g/mol. The number of rotatable bonds is 6. The Morgan fingerprint density at radius 1 is 1.04 bits per heavy atom. The molecular formula is C18H28N2O3. The largest absolute Gasteiger partial charge is 0.465 e. The molecule has 23 heavy (non-hydrogen) atoms. The van der Waals surface area contributed by atoms with Crippen LogP contribution in [0.3, 0.4) is 0 Å². The second-order valence-corrected chi connectivity index (χ2v) is 6.61. The Balaban J connectivity index is 2.93. The molecule has 2 atom stereocenters. The molecule has 5 nitrogen and oxygen atoms in total. The smallest absolute Gasteiger partial charge is 0.408 e. The first-order valence-corrected chi connectivity index (χ1v) is 8.03. The van der Waals surface area contributed by atoms with Crippen molar-refractivity contribution in [1.29, 1.82) is 0 Å². The van der Waals surface area contributed by atoms with E-state index in [4.69, 9.17) is 0 Å². The van der Waals surface area contributed by atoms with Crippen molar-refractivity contribution in [3.05, 3.63) is 35.4 Å². The van der Waals surface area contributed by atoms with Gasteiger partial charge < -0.3 is 10.4 Å². The normalized spacial score (nSPS) is 13.7. The standard InChI is InChI=1S/C18H28N2O3/c1-11(2)16(20(12(3)4)18(22)23)17(21)19-14(6)15-9-7-13(5)8-10-15/h7-12,14,16H,1-6H3,(H,19,21)(H,22,23)/t14?,16-/m0/s1. The van der Waals surface area contributed by atoms with Gasteiger partial charge in [-0.3, -0.25) is 9.69 Å². The van der Waals surface area contributed by atoms with Gasteiger partial charge in [0.25, 0.3) is 0 Å². The summed E-state index contributed by atoms with van der Waals surface area (Å²) in [7, 11) is 0. The summed E-state index contributed by atoms with van der Waals surface area (Å²) in [6, 6.07) is 6.79. The fourth-order valence-corrected chi connectivity index (χ4v) is 2.65. The van der Waals surface area contributed by atoms with Crippen molar-refractivity contribution < 1.29 is 14.7 Å². The van der Waals surface area contributed by atoms with Crippen LogP contribution < -0.4 is 5.32 Å². The molecule has 0 aliphatic rings. The number of hydrogen-bond acceptors (Lipinski definition) is 2. The van der Waals surface area contributed by atoms with Gasteiger partial charge in [0.1, 0.15) is 6.04 Å². The molecule has 0 aliphatic carbocycles. The average molecular weight is 320 g/mol. The zero-order valence-corrected chi connectivity index (χ0v) is 14.8. The van der Waals surface area contributed by atoms with E-state index >= 15 is 0 Å². The van der Waals surface area contributed by atoms with E-state index < -0.39 is 12.1 Å². The Kier molecular flexibility index (Phi) is 6.61. The first-order chi connectivity index (χ1) is 10.6. The van der Waals surface area contributed by atoms with Crippen LogP contribution in [0.25, 0.3) is 0 Å². The third-order valence-corrected chi connectivity index (χ3v) is 3.91. The number of amides is 2. The van der Waals surface area contributed by atoms with E-state index in [0.29, 0.717) is 0 Å². The Hall–Kier alpha value is -2.04. The minimum atomic E-state index is -1.07. The molecule has 0 spiro atoms. The fraction of sp³-hybridized carbons (Fsp3) is 0.556. The van der Waals surface area contributed by atoms with Crippen molar-refractivity contribution in [2.24, 2.45) is 5.92 Å². The predicted molar refractivity (Wildman–Crippen MR) is 91.4 cm³/mol. The summed E-state index contributed by atoms with van der Waals surface area (Å²) in [5.41, 5.74) is 2.15. The van der Waals surface area contributed by atoms with Crippen LogP contribution in [0.2, 0.25) is 0 Å². The van der Waals surface area contributed by atoms with Gasteiger partial charge in [-0.05, 0) is 39.2 Å². The molecule has 1 aromatic carbocycles. The summed E-state index contributed by atoms with van der Waals surface area (Å²) < 4.78 is 0. The lowest BCUT2D eigenvalue weighted by molar-refractivity contribution is -0.128. The quantitative estimate of drug-likeness (QED) is 0.841. The highest BCUT2D eigenvalue weighted by Crippen LogP contribution is 2.18. The molecule has 0 radical (unpaired) electrons. The van der Waals surface area contributed by atoms with Crippen molar-refractivity contribution in [3.8, 4) is 0 Å². The van der Waals surface area contributed by atoms with Crippen molar-refractivity contribution in [2.45, 2.75) is 59.7 Å². The number of aryl methyl sites for hydroxylation is 1. The molecule has 128 valence electrons. The summed E-state index contributed by atoms with van der Waals surface area (Å²) in [6.45, 7) is 11.2. The van der Waals surface area contributed by atoms with E-state index in [1.807, 2.05) is 52.0 Å². The van der Waals surface area contributed by atoms with Gasteiger partial charge in [0.05, 0.1) is 6.04 Å². The number of benzene rings is 1. The maximum absolute atomic E-state index is 12.7. The Bertz CT molecular complexity index is 538. The molecular weight excluding hydrogens is 292 g/mol. The third kappa shape index (κ3) is 4.98. The second kappa shape index (κ2) is 7.99. The highest BCUT2D eigenvalue weighted by molar-refractivity contribution is 5.86. The highest BCUT2D eigenvalue weighted by atomic mass is 16.4. The average Bonchev–Trinajstić information content (AvgIpc) is 2.43. The van der Waals surface area contributed by atoms with Crippen LogP contribution in [0, 0.1) is 12.8 Å². The van der Waals surface area contributed by atoms with E-state index in [9.17, 15) is 14.7 Å². The van der Waals surface area contributed by atoms with E-state index in [1.165, 1.54) is 4.90 Å². The molecule has 1 aromatic rings. The summed E-state index contributed by atoms with van der Waals surface area (Å²) in [4.78, 5) is 25.4. The molecule has 0 saturated carbocycles.